The quantitative estimate of drug-likeness (QED) is 0.706. The van der Waals surface area contributed by atoms with Crippen LogP contribution in [-0.4, -0.2) is 11.4 Å². The molecule has 0 saturated heterocycles. The summed E-state index contributed by atoms with van der Waals surface area (Å²) < 4.78 is 10.7. The van der Waals surface area contributed by atoms with Crippen LogP contribution in [0.5, 0.6) is 5.75 Å². The Labute approximate surface area is 87.7 Å². The first-order valence-corrected chi connectivity index (χ1v) is 4.69. The van der Waals surface area contributed by atoms with Crippen molar-refractivity contribution in [2.45, 2.75) is 25.9 Å². The van der Waals surface area contributed by atoms with E-state index < -0.39 is 6.10 Å². The van der Waals surface area contributed by atoms with E-state index in [1.165, 1.54) is 0 Å². The van der Waals surface area contributed by atoms with Crippen LogP contribution in [0.1, 0.15) is 24.2 Å². The van der Waals surface area contributed by atoms with Crippen LogP contribution in [-0.2, 0) is 11.3 Å². The van der Waals surface area contributed by atoms with Gasteiger partial charge in [0, 0.05) is 5.56 Å². The minimum Gasteiger partial charge on any atom is -0.465 e. The van der Waals surface area contributed by atoms with E-state index in [4.69, 9.17) is 14.7 Å². The Bertz CT molecular complexity index is 411. The molecule has 0 aromatic heterocycles. The van der Waals surface area contributed by atoms with Gasteiger partial charge in [0.25, 0.3) is 0 Å². The van der Waals surface area contributed by atoms with E-state index >= 15 is 0 Å². The molecule has 0 bridgehead atoms. The summed E-state index contributed by atoms with van der Waals surface area (Å²) in [6.07, 6.45) is -1.33. The van der Waals surface area contributed by atoms with E-state index in [-0.39, 0.29) is 6.29 Å². The molecule has 0 aliphatic carbocycles. The number of aliphatic hydroxyl groups is 1. The number of nitriles is 1. The molecule has 78 valence electrons. The molecule has 0 spiro atoms. The zero-order valence-corrected chi connectivity index (χ0v) is 8.30. The molecule has 4 nitrogen and oxygen atoms in total. The van der Waals surface area contributed by atoms with Crippen LogP contribution >= 0.6 is 0 Å². The van der Waals surface area contributed by atoms with Gasteiger partial charge in [-0.1, -0.05) is 6.07 Å². The molecule has 2 rings (SSSR count). The van der Waals surface area contributed by atoms with E-state index in [0.29, 0.717) is 12.2 Å². The van der Waals surface area contributed by atoms with E-state index in [1.54, 1.807) is 24.3 Å². The van der Waals surface area contributed by atoms with Crippen LogP contribution in [0.4, 0.5) is 0 Å². The Hall–Kier alpha value is -1.57. The summed E-state index contributed by atoms with van der Waals surface area (Å²) in [6.45, 7) is 2.27. The van der Waals surface area contributed by atoms with Crippen molar-refractivity contribution < 1.29 is 14.6 Å². The molecule has 4 heteroatoms. The minimum absolute atomic E-state index is 0.246. The molecule has 1 aliphatic heterocycles. The summed E-state index contributed by atoms with van der Waals surface area (Å²) in [5.74, 6) is 0.752. The Morgan fingerprint density at radius 2 is 2.40 bits per heavy atom. The fourth-order valence-corrected chi connectivity index (χ4v) is 1.49. The van der Waals surface area contributed by atoms with Gasteiger partial charge in [-0.25, -0.2) is 0 Å². The molecule has 1 aromatic rings. The topological polar surface area (TPSA) is 62.5 Å². The van der Waals surface area contributed by atoms with Crippen LogP contribution < -0.4 is 4.74 Å². The highest BCUT2D eigenvalue weighted by Crippen LogP contribution is 2.28. The largest absolute Gasteiger partial charge is 0.465 e. The first kappa shape index (κ1) is 9.97. The predicted octanol–water partition coefficient (Wildman–Crippen LogP) is 1.50. The minimum atomic E-state index is -1.09. The Kier molecular flexibility index (Phi) is 2.58. The van der Waals surface area contributed by atoms with Gasteiger partial charge in [-0.3, -0.25) is 0 Å². The Morgan fingerprint density at radius 3 is 3.13 bits per heavy atom. The van der Waals surface area contributed by atoms with Crippen molar-refractivity contribution in [1.82, 2.24) is 0 Å². The fraction of sp³-hybridized carbons (Fsp3) is 0.364. The van der Waals surface area contributed by atoms with Gasteiger partial charge in [0.2, 0.25) is 0 Å². The molecular formula is C11H11NO3. The molecule has 2 atom stereocenters. The van der Waals surface area contributed by atoms with Crippen molar-refractivity contribution in [2.75, 3.05) is 0 Å². The van der Waals surface area contributed by atoms with Crippen LogP contribution in [0.2, 0.25) is 0 Å². The maximum absolute atomic E-state index is 9.34. The lowest BCUT2D eigenvalue weighted by atomic mass is 10.1. The normalized spacial score (nSPS) is 21.0. The summed E-state index contributed by atoms with van der Waals surface area (Å²) >= 11 is 0. The zero-order valence-electron chi connectivity index (χ0n) is 8.30. The number of fused-ring (bicyclic) bond motifs is 1. The van der Waals surface area contributed by atoms with Crippen molar-refractivity contribution in [3.05, 3.63) is 29.3 Å². The van der Waals surface area contributed by atoms with Gasteiger partial charge < -0.3 is 14.6 Å². The lowest BCUT2D eigenvalue weighted by Gasteiger charge is -2.24. The van der Waals surface area contributed by atoms with Crippen molar-refractivity contribution in [3.63, 3.8) is 0 Å². The van der Waals surface area contributed by atoms with Gasteiger partial charge in [0.1, 0.15) is 5.75 Å². The standard InChI is InChI=1S/C11H11NO3/c1-7-14-6-9-4-8(10(13)5-12)2-3-11(9)15-7/h2-4,7,10,13H,6H2,1H3/t7?,10-/m0/s1. The van der Waals surface area contributed by atoms with Crippen LogP contribution in [0.3, 0.4) is 0 Å². The molecule has 1 aliphatic rings. The summed E-state index contributed by atoms with van der Waals surface area (Å²) in [5.41, 5.74) is 1.43. The zero-order chi connectivity index (χ0) is 10.8. The smallest absolute Gasteiger partial charge is 0.197 e. The van der Waals surface area contributed by atoms with E-state index in [1.807, 2.05) is 6.92 Å². The lowest BCUT2D eigenvalue weighted by molar-refractivity contribution is -0.0944. The van der Waals surface area contributed by atoms with Gasteiger partial charge in [0.15, 0.2) is 12.4 Å². The second-order valence-corrected chi connectivity index (χ2v) is 3.40. The second kappa shape index (κ2) is 3.89. The van der Waals surface area contributed by atoms with Gasteiger partial charge in [-0.05, 0) is 24.6 Å². The summed E-state index contributed by atoms with van der Waals surface area (Å²) in [4.78, 5) is 0. The van der Waals surface area contributed by atoms with Gasteiger partial charge in [-0.15, -0.1) is 0 Å². The third-order valence-corrected chi connectivity index (χ3v) is 2.29. The van der Waals surface area contributed by atoms with Crippen molar-refractivity contribution in [1.29, 1.82) is 5.26 Å². The maximum atomic E-state index is 9.34. The SMILES string of the molecule is CC1OCc2cc([C@@H](O)C#N)ccc2O1. The molecule has 0 saturated carbocycles. The van der Waals surface area contributed by atoms with Crippen LogP contribution in [0.15, 0.2) is 18.2 Å². The Balaban J connectivity index is 2.31. The highest BCUT2D eigenvalue weighted by Gasteiger charge is 2.17. The first-order chi connectivity index (χ1) is 7.20. The van der Waals surface area contributed by atoms with Crippen molar-refractivity contribution in [3.8, 4) is 11.8 Å². The number of nitrogens with zero attached hydrogens (tertiary/aromatic N) is 1. The monoisotopic (exact) mass is 205 g/mol. The molecule has 0 radical (unpaired) electrons. The van der Waals surface area contributed by atoms with Gasteiger partial charge in [-0.2, -0.15) is 5.26 Å². The van der Waals surface area contributed by atoms with E-state index in [0.717, 1.165) is 11.3 Å². The van der Waals surface area contributed by atoms with E-state index in [2.05, 4.69) is 0 Å². The predicted molar refractivity (Wildman–Crippen MR) is 51.9 cm³/mol. The number of hydrogen-bond donors (Lipinski definition) is 1. The Morgan fingerprint density at radius 1 is 1.60 bits per heavy atom. The van der Waals surface area contributed by atoms with Crippen molar-refractivity contribution in [2.24, 2.45) is 0 Å². The third kappa shape index (κ3) is 1.94. The third-order valence-electron chi connectivity index (χ3n) is 2.29. The summed E-state index contributed by atoms with van der Waals surface area (Å²) in [5, 5.41) is 17.9. The molecular weight excluding hydrogens is 194 g/mol. The number of hydrogen-bond acceptors (Lipinski definition) is 4. The molecule has 0 amide bonds. The average Bonchev–Trinajstić information content (AvgIpc) is 2.27. The van der Waals surface area contributed by atoms with Crippen LogP contribution in [0.25, 0.3) is 0 Å². The van der Waals surface area contributed by atoms with Crippen molar-refractivity contribution >= 4 is 0 Å². The maximum Gasteiger partial charge on any atom is 0.197 e. The number of ether oxygens (including phenoxy) is 2. The molecule has 1 heterocycles. The molecule has 15 heavy (non-hydrogen) atoms. The second-order valence-electron chi connectivity index (χ2n) is 3.40. The summed E-state index contributed by atoms with van der Waals surface area (Å²) in [7, 11) is 0. The molecule has 1 unspecified atom stereocenters. The summed E-state index contributed by atoms with van der Waals surface area (Å²) in [6, 6.07) is 6.94. The van der Waals surface area contributed by atoms with Gasteiger partial charge >= 0.3 is 0 Å². The highest BCUT2D eigenvalue weighted by molar-refractivity contribution is 5.39. The highest BCUT2D eigenvalue weighted by atomic mass is 16.7. The molecule has 0 fully saturated rings. The fourth-order valence-electron chi connectivity index (χ4n) is 1.49. The van der Waals surface area contributed by atoms with Crippen LogP contribution in [0, 0.1) is 11.3 Å². The molecule has 1 N–H and O–H groups in total. The number of aliphatic hydroxyl groups excluding tert-OH is 1. The molecule has 1 aromatic carbocycles. The number of rotatable bonds is 1. The average molecular weight is 205 g/mol. The lowest BCUT2D eigenvalue weighted by Crippen LogP contribution is -2.21. The number of benzene rings is 1. The first-order valence-electron chi connectivity index (χ1n) is 4.69. The van der Waals surface area contributed by atoms with Gasteiger partial charge in [0.05, 0.1) is 12.7 Å². The van der Waals surface area contributed by atoms with E-state index in [9.17, 15) is 5.11 Å².